The highest BCUT2D eigenvalue weighted by Gasteiger charge is 2.04. The van der Waals surface area contributed by atoms with E-state index >= 15 is 0 Å². The number of hydrogen-bond acceptors (Lipinski definition) is 1. The van der Waals surface area contributed by atoms with Gasteiger partial charge in [0, 0.05) is 18.1 Å². The van der Waals surface area contributed by atoms with Gasteiger partial charge in [0.2, 0.25) is 0 Å². The molecule has 0 amide bonds. The van der Waals surface area contributed by atoms with Crippen molar-refractivity contribution in [3.63, 3.8) is 0 Å². The quantitative estimate of drug-likeness (QED) is 0.745. The highest BCUT2D eigenvalue weighted by molar-refractivity contribution is 5.44. The first kappa shape index (κ1) is 10.2. The van der Waals surface area contributed by atoms with Crippen LogP contribution in [0.4, 0.5) is 0 Å². The van der Waals surface area contributed by atoms with Gasteiger partial charge < -0.3 is 4.40 Å². The second-order valence-electron chi connectivity index (χ2n) is 4.34. The van der Waals surface area contributed by atoms with Crippen molar-refractivity contribution in [2.45, 2.75) is 39.5 Å². The molecule has 0 aliphatic heterocycles. The summed E-state index contributed by atoms with van der Waals surface area (Å²) in [5.41, 5.74) is 3.74. The van der Waals surface area contributed by atoms with Crippen LogP contribution in [0.1, 0.15) is 44.4 Å². The molecule has 0 atom stereocenters. The monoisotopic (exact) mass is 202 g/mol. The summed E-state index contributed by atoms with van der Waals surface area (Å²) in [5, 5.41) is 0. The summed E-state index contributed by atoms with van der Waals surface area (Å²) in [4.78, 5) is 4.44. The van der Waals surface area contributed by atoms with Crippen molar-refractivity contribution in [1.82, 2.24) is 9.38 Å². The van der Waals surface area contributed by atoms with Crippen molar-refractivity contribution in [2.75, 3.05) is 0 Å². The normalized spacial score (nSPS) is 11.5. The molecule has 0 saturated carbocycles. The van der Waals surface area contributed by atoms with Crippen molar-refractivity contribution >= 4 is 5.65 Å². The number of nitrogens with zero attached hydrogens (tertiary/aromatic N) is 2. The number of rotatable bonds is 3. The highest BCUT2D eigenvalue weighted by atomic mass is 15.0. The molecular formula is C13H18N2. The molecule has 2 aromatic heterocycles. The molecule has 2 aromatic rings. The summed E-state index contributed by atoms with van der Waals surface area (Å²) in [7, 11) is 0. The third-order valence-corrected chi connectivity index (χ3v) is 2.79. The van der Waals surface area contributed by atoms with Crippen LogP contribution in [0.15, 0.2) is 24.5 Å². The standard InChI is InChI=1S/C13H18N2/c1-4-5-12-9-14-13-8-11(10(2)3)6-7-15(12)13/h6-10H,4-5H2,1-3H3. The van der Waals surface area contributed by atoms with Crippen molar-refractivity contribution in [2.24, 2.45) is 0 Å². The molecule has 2 heterocycles. The van der Waals surface area contributed by atoms with Gasteiger partial charge in [-0.05, 0) is 30.0 Å². The van der Waals surface area contributed by atoms with E-state index < -0.39 is 0 Å². The Kier molecular flexibility index (Phi) is 2.76. The zero-order valence-electron chi connectivity index (χ0n) is 9.70. The third-order valence-electron chi connectivity index (χ3n) is 2.79. The molecule has 0 fully saturated rings. The fourth-order valence-corrected chi connectivity index (χ4v) is 1.85. The van der Waals surface area contributed by atoms with Crippen molar-refractivity contribution in [3.05, 3.63) is 35.8 Å². The SMILES string of the molecule is CCCc1cnc2cc(C(C)C)ccn12. The molecule has 0 radical (unpaired) electrons. The average molecular weight is 202 g/mol. The Morgan fingerprint density at radius 1 is 1.40 bits per heavy atom. The first-order chi connectivity index (χ1) is 7.22. The second-order valence-corrected chi connectivity index (χ2v) is 4.34. The number of imidazole rings is 1. The second kappa shape index (κ2) is 4.05. The van der Waals surface area contributed by atoms with Gasteiger partial charge in [0.15, 0.2) is 0 Å². The number of aryl methyl sites for hydroxylation is 1. The van der Waals surface area contributed by atoms with Gasteiger partial charge >= 0.3 is 0 Å². The van der Waals surface area contributed by atoms with Crippen LogP contribution in [0.2, 0.25) is 0 Å². The van der Waals surface area contributed by atoms with Gasteiger partial charge in [0.1, 0.15) is 5.65 Å². The van der Waals surface area contributed by atoms with Crippen LogP contribution in [-0.4, -0.2) is 9.38 Å². The first-order valence-corrected chi connectivity index (χ1v) is 5.68. The van der Waals surface area contributed by atoms with Crippen LogP contribution < -0.4 is 0 Å². The topological polar surface area (TPSA) is 17.3 Å². The van der Waals surface area contributed by atoms with Gasteiger partial charge in [-0.1, -0.05) is 27.2 Å². The van der Waals surface area contributed by atoms with Gasteiger partial charge in [0.25, 0.3) is 0 Å². The summed E-state index contributed by atoms with van der Waals surface area (Å²) in [6.45, 7) is 6.62. The predicted octanol–water partition coefficient (Wildman–Crippen LogP) is 3.41. The summed E-state index contributed by atoms with van der Waals surface area (Å²) < 4.78 is 2.19. The van der Waals surface area contributed by atoms with E-state index in [1.54, 1.807) is 0 Å². The van der Waals surface area contributed by atoms with Gasteiger partial charge in [-0.25, -0.2) is 4.98 Å². The number of pyridine rings is 1. The predicted molar refractivity (Wildman–Crippen MR) is 63.3 cm³/mol. The van der Waals surface area contributed by atoms with E-state index in [4.69, 9.17) is 0 Å². The first-order valence-electron chi connectivity index (χ1n) is 5.68. The highest BCUT2D eigenvalue weighted by Crippen LogP contribution is 2.17. The largest absolute Gasteiger partial charge is 0.304 e. The lowest BCUT2D eigenvalue weighted by atomic mass is 10.1. The molecule has 80 valence electrons. The Morgan fingerprint density at radius 3 is 2.87 bits per heavy atom. The molecule has 0 unspecified atom stereocenters. The summed E-state index contributed by atoms with van der Waals surface area (Å²) in [6, 6.07) is 4.38. The molecule has 0 aliphatic carbocycles. The fourth-order valence-electron chi connectivity index (χ4n) is 1.85. The Balaban J connectivity index is 2.47. The summed E-state index contributed by atoms with van der Waals surface area (Å²) >= 11 is 0. The Labute approximate surface area is 91.0 Å². The molecular weight excluding hydrogens is 184 g/mol. The molecule has 0 aliphatic rings. The molecule has 0 bridgehead atoms. The Bertz CT molecular complexity index is 455. The van der Waals surface area contributed by atoms with Gasteiger partial charge in [-0.2, -0.15) is 0 Å². The molecule has 2 rings (SSSR count). The fraction of sp³-hybridized carbons (Fsp3) is 0.462. The number of hydrogen-bond donors (Lipinski definition) is 0. The molecule has 0 N–H and O–H groups in total. The zero-order chi connectivity index (χ0) is 10.8. The average Bonchev–Trinajstić information content (AvgIpc) is 2.61. The number of aromatic nitrogens is 2. The van der Waals surface area contributed by atoms with E-state index in [1.807, 2.05) is 6.20 Å². The lowest BCUT2D eigenvalue weighted by Crippen LogP contribution is -1.94. The third kappa shape index (κ3) is 1.89. The van der Waals surface area contributed by atoms with Crippen molar-refractivity contribution in [1.29, 1.82) is 0 Å². The minimum atomic E-state index is 0.571. The molecule has 15 heavy (non-hydrogen) atoms. The van der Waals surface area contributed by atoms with E-state index in [9.17, 15) is 0 Å². The molecule has 2 heteroatoms. The Morgan fingerprint density at radius 2 is 2.20 bits per heavy atom. The van der Waals surface area contributed by atoms with Crippen LogP contribution in [0.3, 0.4) is 0 Å². The minimum Gasteiger partial charge on any atom is -0.304 e. The lowest BCUT2D eigenvalue weighted by Gasteiger charge is -2.06. The maximum Gasteiger partial charge on any atom is 0.137 e. The van der Waals surface area contributed by atoms with Gasteiger partial charge in [-0.3, -0.25) is 0 Å². The molecule has 0 saturated heterocycles. The maximum atomic E-state index is 4.44. The van der Waals surface area contributed by atoms with Crippen LogP contribution in [0.5, 0.6) is 0 Å². The van der Waals surface area contributed by atoms with Crippen LogP contribution in [0, 0.1) is 0 Å². The Hall–Kier alpha value is -1.31. The molecule has 2 nitrogen and oxygen atoms in total. The number of fused-ring (bicyclic) bond motifs is 1. The summed E-state index contributed by atoms with van der Waals surface area (Å²) in [5.74, 6) is 0.571. The van der Waals surface area contributed by atoms with E-state index in [2.05, 4.69) is 48.5 Å². The van der Waals surface area contributed by atoms with Gasteiger partial charge in [0.05, 0.1) is 0 Å². The van der Waals surface area contributed by atoms with Gasteiger partial charge in [-0.15, -0.1) is 0 Å². The smallest absolute Gasteiger partial charge is 0.137 e. The summed E-state index contributed by atoms with van der Waals surface area (Å²) in [6.07, 6.45) is 6.40. The van der Waals surface area contributed by atoms with E-state index in [0.717, 1.165) is 12.1 Å². The maximum absolute atomic E-state index is 4.44. The van der Waals surface area contributed by atoms with E-state index in [0.29, 0.717) is 5.92 Å². The van der Waals surface area contributed by atoms with Crippen LogP contribution in [0.25, 0.3) is 5.65 Å². The molecule has 0 spiro atoms. The zero-order valence-corrected chi connectivity index (χ0v) is 9.70. The minimum absolute atomic E-state index is 0.571. The lowest BCUT2D eigenvalue weighted by molar-refractivity contribution is 0.847. The molecule has 0 aromatic carbocycles. The van der Waals surface area contributed by atoms with Crippen LogP contribution in [-0.2, 0) is 6.42 Å². The van der Waals surface area contributed by atoms with Crippen molar-refractivity contribution in [3.8, 4) is 0 Å². The van der Waals surface area contributed by atoms with E-state index in [1.165, 1.54) is 17.7 Å². The van der Waals surface area contributed by atoms with Crippen molar-refractivity contribution < 1.29 is 0 Å². The van der Waals surface area contributed by atoms with E-state index in [-0.39, 0.29) is 0 Å². The van der Waals surface area contributed by atoms with Crippen LogP contribution >= 0.6 is 0 Å².